The number of carbonyl (C=O) groups is 1. The lowest BCUT2D eigenvalue weighted by Gasteiger charge is -2.03. The van der Waals surface area contributed by atoms with Gasteiger partial charge in [-0.1, -0.05) is 23.7 Å². The Morgan fingerprint density at radius 1 is 1.60 bits per heavy atom. The van der Waals surface area contributed by atoms with Crippen molar-refractivity contribution in [1.82, 2.24) is 0 Å². The van der Waals surface area contributed by atoms with Gasteiger partial charge in [0.15, 0.2) is 0 Å². The molecule has 1 amide bonds. The molecule has 3 nitrogen and oxygen atoms in total. The van der Waals surface area contributed by atoms with E-state index >= 15 is 0 Å². The largest absolute Gasteiger partial charge is 0.321 e. The Morgan fingerprint density at radius 2 is 2.33 bits per heavy atom. The highest BCUT2D eigenvalue weighted by Gasteiger charge is 2.07. The fraction of sp³-hybridized carbons (Fsp3) is 0.0909. The van der Waals surface area contributed by atoms with E-state index in [4.69, 9.17) is 16.9 Å². The van der Waals surface area contributed by atoms with Crippen LogP contribution in [0.4, 0.5) is 5.69 Å². The van der Waals surface area contributed by atoms with E-state index in [1.807, 2.05) is 0 Å². The van der Waals surface area contributed by atoms with Crippen molar-refractivity contribution in [3.63, 3.8) is 0 Å². The number of allylic oxidation sites excluding steroid dienone is 1. The molecule has 0 saturated heterocycles. The van der Waals surface area contributed by atoms with Gasteiger partial charge in [0.05, 0.1) is 0 Å². The highest BCUT2D eigenvalue weighted by atomic mass is 35.5. The minimum absolute atomic E-state index is 0.0787. The molecular formula is C11H9ClN2O. The number of carbonyl (C=O) groups excluding carboxylic acids is 1. The van der Waals surface area contributed by atoms with Crippen molar-refractivity contribution in [2.45, 2.75) is 6.92 Å². The lowest BCUT2D eigenvalue weighted by atomic mass is 10.2. The number of hydrogen-bond acceptors (Lipinski definition) is 2. The van der Waals surface area contributed by atoms with Gasteiger partial charge in [0.1, 0.15) is 11.6 Å². The molecule has 0 unspecified atom stereocenters. The van der Waals surface area contributed by atoms with Crippen LogP contribution < -0.4 is 5.32 Å². The number of benzene rings is 1. The molecule has 0 bridgehead atoms. The van der Waals surface area contributed by atoms with Gasteiger partial charge in [-0.2, -0.15) is 5.26 Å². The Labute approximate surface area is 93.0 Å². The van der Waals surface area contributed by atoms with E-state index in [9.17, 15) is 4.79 Å². The minimum Gasteiger partial charge on any atom is -0.321 e. The Balaban J connectivity index is 2.80. The van der Waals surface area contributed by atoms with E-state index in [1.54, 1.807) is 37.3 Å². The van der Waals surface area contributed by atoms with Crippen molar-refractivity contribution < 1.29 is 4.79 Å². The Kier molecular flexibility index (Phi) is 3.90. The van der Waals surface area contributed by atoms with Crippen LogP contribution in [0.1, 0.15) is 6.92 Å². The molecule has 0 heterocycles. The smallest absolute Gasteiger partial charge is 0.265 e. The molecule has 0 saturated carbocycles. The van der Waals surface area contributed by atoms with E-state index in [0.717, 1.165) is 0 Å². The van der Waals surface area contributed by atoms with E-state index in [2.05, 4.69) is 5.32 Å². The number of nitrogens with one attached hydrogen (secondary N) is 1. The maximum absolute atomic E-state index is 11.4. The van der Waals surface area contributed by atoms with Crippen LogP contribution in [0.25, 0.3) is 0 Å². The molecular weight excluding hydrogens is 212 g/mol. The van der Waals surface area contributed by atoms with Crippen LogP contribution in [-0.4, -0.2) is 5.91 Å². The van der Waals surface area contributed by atoms with Crippen molar-refractivity contribution in [3.05, 3.63) is 40.9 Å². The second kappa shape index (κ2) is 5.18. The Morgan fingerprint density at radius 3 is 2.87 bits per heavy atom. The van der Waals surface area contributed by atoms with Crippen molar-refractivity contribution in [1.29, 1.82) is 5.26 Å². The summed E-state index contributed by atoms with van der Waals surface area (Å²) in [6.07, 6.45) is 1.46. The monoisotopic (exact) mass is 220 g/mol. The topological polar surface area (TPSA) is 52.9 Å². The van der Waals surface area contributed by atoms with Crippen LogP contribution >= 0.6 is 11.6 Å². The summed E-state index contributed by atoms with van der Waals surface area (Å²) in [4.78, 5) is 11.4. The first-order valence-corrected chi connectivity index (χ1v) is 4.68. The van der Waals surface area contributed by atoms with Gasteiger partial charge in [0.25, 0.3) is 5.91 Å². The number of rotatable bonds is 2. The number of anilines is 1. The number of halogens is 1. The zero-order valence-corrected chi connectivity index (χ0v) is 8.88. The molecule has 0 atom stereocenters. The SMILES string of the molecule is C/C=C(\C#N)C(=O)Nc1cccc(Cl)c1. The first-order valence-electron chi connectivity index (χ1n) is 4.30. The molecule has 0 radical (unpaired) electrons. The van der Waals surface area contributed by atoms with Gasteiger partial charge in [0.2, 0.25) is 0 Å². The highest BCUT2D eigenvalue weighted by molar-refractivity contribution is 6.31. The summed E-state index contributed by atoms with van der Waals surface area (Å²) < 4.78 is 0. The van der Waals surface area contributed by atoms with Gasteiger partial charge in [-0.25, -0.2) is 0 Å². The molecule has 0 aliphatic heterocycles. The molecule has 15 heavy (non-hydrogen) atoms. The Bertz CT molecular complexity index is 446. The van der Waals surface area contributed by atoms with Crippen molar-refractivity contribution >= 4 is 23.2 Å². The number of nitriles is 1. The first-order chi connectivity index (χ1) is 7.17. The maximum atomic E-state index is 11.4. The summed E-state index contributed by atoms with van der Waals surface area (Å²) in [6, 6.07) is 8.55. The van der Waals surface area contributed by atoms with Crippen LogP contribution in [0.3, 0.4) is 0 Å². The maximum Gasteiger partial charge on any atom is 0.265 e. The van der Waals surface area contributed by atoms with Gasteiger partial charge in [-0.05, 0) is 25.1 Å². The molecule has 0 spiro atoms. The predicted octanol–water partition coefficient (Wildman–Crippen LogP) is 2.75. The van der Waals surface area contributed by atoms with Gasteiger partial charge in [-0.15, -0.1) is 0 Å². The van der Waals surface area contributed by atoms with Gasteiger partial charge >= 0.3 is 0 Å². The summed E-state index contributed by atoms with van der Waals surface area (Å²) in [6.45, 7) is 1.64. The van der Waals surface area contributed by atoms with Crippen LogP contribution in [-0.2, 0) is 4.79 Å². The van der Waals surface area contributed by atoms with E-state index < -0.39 is 5.91 Å². The quantitative estimate of drug-likeness (QED) is 0.616. The molecule has 4 heteroatoms. The summed E-state index contributed by atoms with van der Waals surface area (Å²) in [5.74, 6) is -0.428. The zero-order chi connectivity index (χ0) is 11.3. The van der Waals surface area contributed by atoms with Gasteiger partial charge in [-0.3, -0.25) is 4.79 Å². The average Bonchev–Trinajstić information content (AvgIpc) is 2.19. The summed E-state index contributed by atoms with van der Waals surface area (Å²) >= 11 is 5.74. The predicted molar refractivity (Wildman–Crippen MR) is 59.5 cm³/mol. The van der Waals surface area contributed by atoms with Crippen molar-refractivity contribution in [2.24, 2.45) is 0 Å². The third kappa shape index (κ3) is 3.12. The molecule has 0 aliphatic rings. The van der Waals surface area contributed by atoms with E-state index in [-0.39, 0.29) is 5.57 Å². The minimum atomic E-state index is -0.428. The van der Waals surface area contributed by atoms with E-state index in [1.165, 1.54) is 6.08 Å². The fourth-order valence-electron chi connectivity index (χ4n) is 1.01. The fourth-order valence-corrected chi connectivity index (χ4v) is 1.20. The van der Waals surface area contributed by atoms with Gasteiger partial charge in [0, 0.05) is 10.7 Å². The number of hydrogen-bond donors (Lipinski definition) is 1. The van der Waals surface area contributed by atoms with Crippen LogP contribution in [0.5, 0.6) is 0 Å². The number of amides is 1. The van der Waals surface area contributed by atoms with Crippen molar-refractivity contribution in [3.8, 4) is 6.07 Å². The van der Waals surface area contributed by atoms with E-state index in [0.29, 0.717) is 10.7 Å². The second-order valence-electron chi connectivity index (χ2n) is 2.78. The lowest BCUT2D eigenvalue weighted by Crippen LogP contribution is -2.13. The molecule has 0 fully saturated rings. The average molecular weight is 221 g/mol. The van der Waals surface area contributed by atoms with Crippen molar-refractivity contribution in [2.75, 3.05) is 5.32 Å². The molecule has 1 aromatic carbocycles. The van der Waals surface area contributed by atoms with Gasteiger partial charge < -0.3 is 5.32 Å². The normalized spacial score (nSPS) is 10.6. The second-order valence-corrected chi connectivity index (χ2v) is 3.22. The van der Waals surface area contributed by atoms with Crippen LogP contribution in [0.15, 0.2) is 35.9 Å². The summed E-state index contributed by atoms with van der Waals surface area (Å²) in [5.41, 5.74) is 0.650. The molecule has 1 rings (SSSR count). The highest BCUT2D eigenvalue weighted by Crippen LogP contribution is 2.15. The summed E-state index contributed by atoms with van der Waals surface area (Å²) in [5, 5.41) is 11.7. The van der Waals surface area contributed by atoms with Crippen LogP contribution in [0.2, 0.25) is 5.02 Å². The number of nitrogens with zero attached hydrogens (tertiary/aromatic N) is 1. The molecule has 0 aromatic heterocycles. The Hall–Kier alpha value is -1.79. The molecule has 1 N–H and O–H groups in total. The summed E-state index contributed by atoms with van der Waals surface area (Å²) in [7, 11) is 0. The molecule has 76 valence electrons. The zero-order valence-electron chi connectivity index (χ0n) is 8.12. The molecule has 0 aliphatic carbocycles. The molecule has 1 aromatic rings. The first kappa shape index (κ1) is 11.3. The lowest BCUT2D eigenvalue weighted by molar-refractivity contribution is -0.112. The third-order valence-electron chi connectivity index (χ3n) is 1.74. The standard InChI is InChI=1S/C11H9ClN2O/c1-2-8(7-13)11(15)14-10-5-3-4-9(12)6-10/h2-6H,1H3,(H,14,15)/b8-2+. The van der Waals surface area contributed by atoms with Crippen LogP contribution in [0, 0.1) is 11.3 Å². The third-order valence-corrected chi connectivity index (χ3v) is 1.97.